The zero-order chi connectivity index (χ0) is 17.0. The Hall–Kier alpha value is -1.93. The van der Waals surface area contributed by atoms with Crippen LogP contribution in [-0.2, 0) is 14.8 Å². The highest BCUT2D eigenvalue weighted by Crippen LogP contribution is 2.21. The number of rotatable bonds is 4. The SMILES string of the molecule is CNC(=O)[C@H]1CCCCN1C(=O)c1cccc(S(=O)(=O)NC)c1. The summed E-state index contributed by atoms with van der Waals surface area (Å²) >= 11 is 0. The minimum Gasteiger partial charge on any atom is -0.357 e. The average molecular weight is 339 g/mol. The lowest BCUT2D eigenvalue weighted by Crippen LogP contribution is -2.51. The highest BCUT2D eigenvalue weighted by Gasteiger charge is 2.32. The number of hydrogen-bond donors (Lipinski definition) is 2. The van der Waals surface area contributed by atoms with E-state index in [-0.39, 0.29) is 22.3 Å². The predicted molar refractivity (Wildman–Crippen MR) is 85.4 cm³/mol. The van der Waals surface area contributed by atoms with E-state index in [1.54, 1.807) is 13.1 Å². The van der Waals surface area contributed by atoms with Crippen molar-refractivity contribution in [2.75, 3.05) is 20.6 Å². The number of piperidine rings is 1. The number of likely N-dealkylation sites (N-methyl/N-ethyl adjacent to an activating group) is 1. The average Bonchev–Trinajstić information content (AvgIpc) is 2.60. The Labute approximate surface area is 136 Å². The second-order valence-electron chi connectivity index (χ2n) is 5.36. The van der Waals surface area contributed by atoms with Crippen molar-refractivity contribution in [3.05, 3.63) is 29.8 Å². The lowest BCUT2D eigenvalue weighted by molar-refractivity contribution is -0.126. The van der Waals surface area contributed by atoms with E-state index in [1.165, 1.54) is 30.1 Å². The fourth-order valence-corrected chi connectivity index (χ4v) is 3.47. The van der Waals surface area contributed by atoms with Gasteiger partial charge in [-0.15, -0.1) is 0 Å². The molecule has 0 aliphatic carbocycles. The molecule has 7 nitrogen and oxygen atoms in total. The second-order valence-corrected chi connectivity index (χ2v) is 7.25. The van der Waals surface area contributed by atoms with Crippen LogP contribution in [0.25, 0.3) is 0 Å². The van der Waals surface area contributed by atoms with Gasteiger partial charge in [-0.3, -0.25) is 9.59 Å². The Morgan fingerprint density at radius 1 is 1.22 bits per heavy atom. The van der Waals surface area contributed by atoms with E-state index in [2.05, 4.69) is 10.0 Å². The first-order valence-electron chi connectivity index (χ1n) is 7.47. The van der Waals surface area contributed by atoms with Crippen LogP contribution >= 0.6 is 0 Å². The standard InChI is InChI=1S/C15H21N3O4S/c1-16-14(19)13-8-3-4-9-18(13)15(20)11-6-5-7-12(10-11)23(21,22)17-2/h5-7,10,13,17H,3-4,8-9H2,1-2H3,(H,16,19)/t13-/m1/s1. The van der Waals surface area contributed by atoms with Crippen molar-refractivity contribution in [1.82, 2.24) is 14.9 Å². The maximum atomic E-state index is 12.7. The molecular formula is C15H21N3O4S. The molecule has 0 aromatic heterocycles. The van der Waals surface area contributed by atoms with Crippen LogP contribution < -0.4 is 10.0 Å². The van der Waals surface area contributed by atoms with Crippen LogP contribution in [0.1, 0.15) is 29.6 Å². The predicted octanol–water partition coefficient (Wildman–Crippen LogP) is 0.335. The molecule has 0 bridgehead atoms. The summed E-state index contributed by atoms with van der Waals surface area (Å²) in [4.78, 5) is 26.3. The van der Waals surface area contributed by atoms with Crippen LogP contribution in [0, 0.1) is 0 Å². The van der Waals surface area contributed by atoms with E-state index in [1.807, 2.05) is 0 Å². The summed E-state index contributed by atoms with van der Waals surface area (Å²) in [5.41, 5.74) is 0.261. The van der Waals surface area contributed by atoms with Crippen molar-refractivity contribution in [3.63, 3.8) is 0 Å². The fraction of sp³-hybridized carbons (Fsp3) is 0.467. The van der Waals surface area contributed by atoms with E-state index in [0.717, 1.165) is 12.8 Å². The molecule has 1 atom stereocenters. The Morgan fingerprint density at radius 3 is 2.61 bits per heavy atom. The smallest absolute Gasteiger partial charge is 0.254 e. The van der Waals surface area contributed by atoms with Gasteiger partial charge < -0.3 is 10.2 Å². The van der Waals surface area contributed by atoms with Gasteiger partial charge in [0.25, 0.3) is 5.91 Å². The van der Waals surface area contributed by atoms with Gasteiger partial charge in [-0.1, -0.05) is 6.07 Å². The molecule has 2 N–H and O–H groups in total. The molecule has 126 valence electrons. The second kappa shape index (κ2) is 7.10. The molecule has 1 heterocycles. The normalized spacial score (nSPS) is 18.5. The number of sulfonamides is 1. The Balaban J connectivity index is 2.32. The van der Waals surface area contributed by atoms with Gasteiger partial charge in [0.05, 0.1) is 4.90 Å². The largest absolute Gasteiger partial charge is 0.357 e. The molecule has 23 heavy (non-hydrogen) atoms. The summed E-state index contributed by atoms with van der Waals surface area (Å²) in [6.07, 6.45) is 2.32. The zero-order valence-electron chi connectivity index (χ0n) is 13.2. The first kappa shape index (κ1) is 17.4. The molecule has 1 saturated heterocycles. The quantitative estimate of drug-likeness (QED) is 0.827. The third-order valence-electron chi connectivity index (χ3n) is 3.97. The lowest BCUT2D eigenvalue weighted by atomic mass is 10.00. The molecule has 1 aliphatic rings. The first-order valence-corrected chi connectivity index (χ1v) is 8.95. The lowest BCUT2D eigenvalue weighted by Gasteiger charge is -2.34. The van der Waals surface area contributed by atoms with Crippen molar-refractivity contribution in [2.24, 2.45) is 0 Å². The minimum atomic E-state index is -3.62. The number of benzene rings is 1. The summed E-state index contributed by atoms with van der Waals surface area (Å²) in [7, 11) is -0.763. The molecule has 0 radical (unpaired) electrons. The fourth-order valence-electron chi connectivity index (χ4n) is 2.69. The monoisotopic (exact) mass is 339 g/mol. The maximum Gasteiger partial charge on any atom is 0.254 e. The molecule has 2 rings (SSSR count). The van der Waals surface area contributed by atoms with Crippen molar-refractivity contribution < 1.29 is 18.0 Å². The van der Waals surface area contributed by atoms with Crippen LogP contribution in [0.3, 0.4) is 0 Å². The van der Waals surface area contributed by atoms with E-state index < -0.39 is 16.1 Å². The van der Waals surface area contributed by atoms with Gasteiger partial charge in [-0.05, 0) is 44.5 Å². The van der Waals surface area contributed by atoms with Crippen LogP contribution in [-0.4, -0.2) is 51.8 Å². The third kappa shape index (κ3) is 3.70. The number of likely N-dealkylation sites (tertiary alicyclic amines) is 1. The number of carbonyl (C=O) groups is 2. The first-order chi connectivity index (χ1) is 10.9. The molecule has 0 spiro atoms. The topological polar surface area (TPSA) is 95.6 Å². The van der Waals surface area contributed by atoms with Gasteiger partial charge in [0.2, 0.25) is 15.9 Å². The number of hydrogen-bond acceptors (Lipinski definition) is 4. The van der Waals surface area contributed by atoms with E-state index in [4.69, 9.17) is 0 Å². The highest BCUT2D eigenvalue weighted by molar-refractivity contribution is 7.89. The maximum absolute atomic E-state index is 12.7. The molecule has 8 heteroatoms. The number of carbonyl (C=O) groups excluding carboxylic acids is 2. The summed E-state index contributed by atoms with van der Waals surface area (Å²) in [6.45, 7) is 0.486. The van der Waals surface area contributed by atoms with Gasteiger partial charge in [-0.25, -0.2) is 13.1 Å². The van der Waals surface area contributed by atoms with E-state index in [9.17, 15) is 18.0 Å². The summed E-state index contributed by atoms with van der Waals surface area (Å²) in [5.74, 6) is -0.525. The van der Waals surface area contributed by atoms with Crippen LogP contribution in [0.4, 0.5) is 0 Å². The van der Waals surface area contributed by atoms with E-state index in [0.29, 0.717) is 13.0 Å². The molecule has 1 aliphatic heterocycles. The van der Waals surface area contributed by atoms with Gasteiger partial charge in [0.15, 0.2) is 0 Å². The minimum absolute atomic E-state index is 0.0272. The summed E-state index contributed by atoms with van der Waals surface area (Å²) in [5, 5.41) is 2.58. The Morgan fingerprint density at radius 2 is 1.96 bits per heavy atom. The van der Waals surface area contributed by atoms with Gasteiger partial charge in [0.1, 0.15) is 6.04 Å². The zero-order valence-corrected chi connectivity index (χ0v) is 14.0. The van der Waals surface area contributed by atoms with Crippen LogP contribution in [0.5, 0.6) is 0 Å². The van der Waals surface area contributed by atoms with Crippen molar-refractivity contribution in [1.29, 1.82) is 0 Å². The highest BCUT2D eigenvalue weighted by atomic mass is 32.2. The Bertz CT molecular complexity index is 702. The molecule has 1 aromatic rings. The Kier molecular flexibility index (Phi) is 5.38. The van der Waals surface area contributed by atoms with Crippen molar-refractivity contribution in [2.45, 2.75) is 30.2 Å². The molecule has 1 fully saturated rings. The molecular weight excluding hydrogens is 318 g/mol. The van der Waals surface area contributed by atoms with Crippen LogP contribution in [0.2, 0.25) is 0 Å². The molecule has 0 saturated carbocycles. The molecule has 2 amide bonds. The van der Waals surface area contributed by atoms with Crippen molar-refractivity contribution >= 4 is 21.8 Å². The van der Waals surface area contributed by atoms with E-state index >= 15 is 0 Å². The summed E-state index contributed by atoms with van der Waals surface area (Å²) < 4.78 is 26.0. The number of nitrogens with one attached hydrogen (secondary N) is 2. The third-order valence-corrected chi connectivity index (χ3v) is 5.38. The van der Waals surface area contributed by atoms with Crippen molar-refractivity contribution in [3.8, 4) is 0 Å². The van der Waals surface area contributed by atoms with Gasteiger partial charge >= 0.3 is 0 Å². The van der Waals surface area contributed by atoms with Crippen LogP contribution in [0.15, 0.2) is 29.2 Å². The number of amides is 2. The number of nitrogens with zero attached hydrogens (tertiary/aromatic N) is 1. The van der Waals surface area contributed by atoms with Gasteiger partial charge in [0, 0.05) is 19.2 Å². The summed E-state index contributed by atoms with van der Waals surface area (Å²) in [6, 6.07) is 5.34. The molecule has 0 unspecified atom stereocenters. The molecule has 1 aromatic carbocycles. The van der Waals surface area contributed by atoms with Gasteiger partial charge in [-0.2, -0.15) is 0 Å².